The Kier molecular flexibility index (Phi) is 5.19. The van der Waals surface area contributed by atoms with Crippen LogP contribution in [-0.4, -0.2) is 21.0 Å². The molecule has 3 N–H and O–H groups in total. The van der Waals surface area contributed by atoms with Crippen molar-refractivity contribution < 1.29 is 21.6 Å². The summed E-state index contributed by atoms with van der Waals surface area (Å²) < 4.78 is 56.5. The van der Waals surface area contributed by atoms with Gasteiger partial charge in [-0.15, -0.1) is 0 Å². The summed E-state index contributed by atoms with van der Waals surface area (Å²) >= 11 is -1.99. The zero-order valence-electron chi connectivity index (χ0n) is 14.0. The minimum absolute atomic E-state index is 0.225. The normalized spacial score (nSPS) is 12.6. The summed E-state index contributed by atoms with van der Waals surface area (Å²) in [5.74, 6) is 0.225. The van der Waals surface area contributed by atoms with Crippen molar-refractivity contribution in [3.05, 3.63) is 60.3 Å². The first-order valence-corrected chi connectivity index (χ1v) is 8.82. The number of nitrogens with two attached hydrogens (primary N) is 1. The second-order valence-electron chi connectivity index (χ2n) is 5.49. The van der Waals surface area contributed by atoms with Crippen molar-refractivity contribution in [2.75, 3.05) is 12.4 Å². The van der Waals surface area contributed by atoms with Gasteiger partial charge in [0.05, 0.1) is 11.4 Å². The molecule has 3 rings (SSSR count). The van der Waals surface area contributed by atoms with Crippen molar-refractivity contribution in [3.63, 3.8) is 0 Å². The van der Waals surface area contributed by atoms with Crippen LogP contribution in [0.3, 0.4) is 0 Å². The van der Waals surface area contributed by atoms with E-state index in [0.29, 0.717) is 11.3 Å². The highest BCUT2D eigenvalue weighted by atomic mass is 32.2. The summed E-state index contributed by atoms with van der Waals surface area (Å²) in [5.41, 5.74) is 1.06. The molecule has 6 nitrogen and oxygen atoms in total. The molecule has 142 valence electrons. The first-order chi connectivity index (χ1) is 12.8. The Balaban J connectivity index is 2.07. The number of rotatable bonds is 5. The van der Waals surface area contributed by atoms with Crippen LogP contribution < -0.4 is 14.6 Å². The van der Waals surface area contributed by atoms with Gasteiger partial charge in [0.1, 0.15) is 5.75 Å². The van der Waals surface area contributed by atoms with E-state index in [1.54, 1.807) is 31.3 Å². The third kappa shape index (κ3) is 4.29. The highest BCUT2D eigenvalue weighted by Gasteiger charge is 2.35. The summed E-state index contributed by atoms with van der Waals surface area (Å²) in [6.07, 6.45) is -4.58. The van der Waals surface area contributed by atoms with Crippen molar-refractivity contribution in [1.82, 2.24) is 9.78 Å². The summed E-state index contributed by atoms with van der Waals surface area (Å²) in [4.78, 5) is 0. The lowest BCUT2D eigenvalue weighted by atomic mass is 10.1. The van der Waals surface area contributed by atoms with Gasteiger partial charge in [0.25, 0.3) is 11.3 Å². The zero-order chi connectivity index (χ0) is 19.6. The van der Waals surface area contributed by atoms with Crippen molar-refractivity contribution >= 4 is 17.0 Å². The molecule has 0 aliphatic heterocycles. The quantitative estimate of drug-likeness (QED) is 0.691. The Morgan fingerprint density at radius 3 is 2.26 bits per heavy atom. The Labute approximate surface area is 155 Å². The molecule has 1 atom stereocenters. The van der Waals surface area contributed by atoms with Crippen molar-refractivity contribution in [3.8, 4) is 22.7 Å². The van der Waals surface area contributed by atoms with Gasteiger partial charge in [0.15, 0.2) is 5.69 Å². The average Bonchev–Trinajstić information content (AvgIpc) is 3.08. The smallest absolute Gasteiger partial charge is 0.389 e. The molecule has 0 saturated carbocycles. The fraction of sp³-hybridized carbons (Fsp3) is 0.118. The number of nitrogens with one attached hydrogen (secondary N) is 1. The van der Waals surface area contributed by atoms with Crippen LogP contribution in [0.5, 0.6) is 5.75 Å². The van der Waals surface area contributed by atoms with E-state index >= 15 is 0 Å². The maximum Gasteiger partial charge on any atom is 0.435 e. The lowest BCUT2D eigenvalue weighted by Crippen LogP contribution is -2.10. The third-order valence-electron chi connectivity index (χ3n) is 3.73. The number of aromatic nitrogens is 2. The second kappa shape index (κ2) is 7.41. The molecule has 10 heteroatoms. The van der Waals surface area contributed by atoms with Crippen LogP contribution in [0.25, 0.3) is 16.9 Å². The molecule has 0 saturated heterocycles. The van der Waals surface area contributed by atoms with Crippen LogP contribution in [0.1, 0.15) is 5.69 Å². The Morgan fingerprint density at radius 1 is 1.11 bits per heavy atom. The van der Waals surface area contributed by atoms with Gasteiger partial charge in [-0.3, -0.25) is 0 Å². The average molecular weight is 396 g/mol. The minimum Gasteiger partial charge on any atom is -0.389 e. The summed E-state index contributed by atoms with van der Waals surface area (Å²) in [6, 6.07) is 13.8. The molecule has 0 amide bonds. The van der Waals surface area contributed by atoms with E-state index in [0.717, 1.165) is 11.8 Å². The van der Waals surface area contributed by atoms with Crippen LogP contribution >= 0.6 is 0 Å². The molecule has 0 radical (unpaired) electrons. The number of benzene rings is 2. The van der Waals surface area contributed by atoms with E-state index < -0.39 is 23.1 Å². The van der Waals surface area contributed by atoms with Gasteiger partial charge >= 0.3 is 6.18 Å². The molecular weight excluding hydrogens is 381 g/mol. The number of alkyl halides is 3. The monoisotopic (exact) mass is 396 g/mol. The number of halogens is 3. The molecule has 0 aliphatic rings. The SMILES string of the molecule is CNc1ccc(-c2cc(C(F)(F)F)nn2-c2ccc(OS(N)=O)cc2)cc1. The molecular formula is C17H15F3N4O2S. The number of hydrogen-bond donors (Lipinski definition) is 2. The van der Waals surface area contributed by atoms with Gasteiger partial charge < -0.3 is 9.50 Å². The van der Waals surface area contributed by atoms with E-state index in [4.69, 9.17) is 9.32 Å². The standard InChI is InChI=1S/C17H15F3N4O2S/c1-22-12-4-2-11(3-5-12)15-10-16(17(18,19)20)23-24(15)13-6-8-14(9-7-13)26-27(21)25/h2-10,22H,21H2,1H3. The van der Waals surface area contributed by atoms with Crippen molar-refractivity contribution in [2.24, 2.45) is 5.14 Å². The van der Waals surface area contributed by atoms with E-state index in [1.165, 1.54) is 28.9 Å². The largest absolute Gasteiger partial charge is 0.435 e. The van der Waals surface area contributed by atoms with Gasteiger partial charge in [-0.25, -0.2) is 9.82 Å². The molecule has 1 unspecified atom stereocenters. The van der Waals surface area contributed by atoms with Gasteiger partial charge in [-0.1, -0.05) is 12.1 Å². The molecule has 27 heavy (non-hydrogen) atoms. The van der Waals surface area contributed by atoms with E-state index in [-0.39, 0.29) is 11.4 Å². The molecule has 0 aliphatic carbocycles. The Bertz CT molecular complexity index is 954. The predicted octanol–water partition coefficient (Wildman–Crippen LogP) is 3.52. The highest BCUT2D eigenvalue weighted by Crippen LogP contribution is 2.33. The van der Waals surface area contributed by atoms with Gasteiger partial charge in [0.2, 0.25) is 0 Å². The maximum absolute atomic E-state index is 13.2. The van der Waals surface area contributed by atoms with Crippen molar-refractivity contribution in [1.29, 1.82) is 0 Å². The predicted molar refractivity (Wildman–Crippen MR) is 96.5 cm³/mol. The minimum atomic E-state index is -4.58. The molecule has 3 aromatic rings. The summed E-state index contributed by atoms with van der Waals surface area (Å²) in [7, 11) is 1.75. The molecule has 0 bridgehead atoms. The van der Waals surface area contributed by atoms with Crippen molar-refractivity contribution in [2.45, 2.75) is 6.18 Å². The molecule has 1 aromatic heterocycles. The second-order valence-corrected chi connectivity index (χ2v) is 6.18. The maximum atomic E-state index is 13.2. The fourth-order valence-electron chi connectivity index (χ4n) is 2.47. The number of anilines is 1. The van der Waals surface area contributed by atoms with Crippen LogP contribution in [0, 0.1) is 0 Å². The summed E-state index contributed by atoms with van der Waals surface area (Å²) in [5, 5.41) is 11.7. The van der Waals surface area contributed by atoms with Gasteiger partial charge in [0, 0.05) is 18.3 Å². The van der Waals surface area contributed by atoms with Crippen LogP contribution in [0.15, 0.2) is 54.6 Å². The zero-order valence-corrected chi connectivity index (χ0v) is 14.8. The molecule has 0 fully saturated rings. The number of hydrogen-bond acceptors (Lipinski definition) is 4. The van der Waals surface area contributed by atoms with E-state index in [1.807, 2.05) is 0 Å². The third-order valence-corrected chi connectivity index (χ3v) is 4.09. The van der Waals surface area contributed by atoms with E-state index in [9.17, 15) is 17.4 Å². The Morgan fingerprint density at radius 2 is 1.74 bits per heavy atom. The first kappa shape index (κ1) is 18.9. The molecule has 1 heterocycles. The van der Waals surface area contributed by atoms with Crippen LogP contribution in [-0.2, 0) is 17.4 Å². The Hall–Kier alpha value is -2.85. The molecule has 0 spiro atoms. The topological polar surface area (TPSA) is 82.2 Å². The van der Waals surface area contributed by atoms with Gasteiger partial charge in [-0.05, 0) is 42.5 Å². The van der Waals surface area contributed by atoms with E-state index in [2.05, 4.69) is 10.4 Å². The lowest BCUT2D eigenvalue weighted by molar-refractivity contribution is -0.141. The van der Waals surface area contributed by atoms with Crippen LogP contribution in [0.2, 0.25) is 0 Å². The highest BCUT2D eigenvalue weighted by molar-refractivity contribution is 7.78. The van der Waals surface area contributed by atoms with Gasteiger partial charge in [-0.2, -0.15) is 22.5 Å². The fourth-order valence-corrected chi connectivity index (χ4v) is 2.77. The first-order valence-electron chi connectivity index (χ1n) is 7.68. The number of nitrogens with zero attached hydrogens (tertiary/aromatic N) is 2. The molecule has 2 aromatic carbocycles. The van der Waals surface area contributed by atoms with Crippen LogP contribution in [0.4, 0.5) is 18.9 Å². The summed E-state index contributed by atoms with van der Waals surface area (Å²) in [6.45, 7) is 0. The lowest BCUT2D eigenvalue weighted by Gasteiger charge is -2.09.